The molecule has 2 N–H and O–H groups in total. The number of anilines is 2. The van der Waals surface area contributed by atoms with Gasteiger partial charge in [-0.05, 0) is 50.1 Å². The van der Waals surface area contributed by atoms with E-state index in [1.165, 1.54) is 5.69 Å². The fourth-order valence-electron chi connectivity index (χ4n) is 4.68. The van der Waals surface area contributed by atoms with Crippen LogP contribution >= 0.6 is 0 Å². The van der Waals surface area contributed by atoms with Crippen LogP contribution in [-0.4, -0.2) is 63.2 Å². The van der Waals surface area contributed by atoms with Crippen LogP contribution < -0.4 is 20.3 Å². The molecule has 2 aliphatic heterocycles. The Morgan fingerprint density at radius 3 is 2.71 bits per heavy atom. The highest BCUT2D eigenvalue weighted by Gasteiger charge is 2.34. The monoisotopic (exact) mass is 422 g/mol. The number of benzene rings is 2. The van der Waals surface area contributed by atoms with Crippen LogP contribution in [-0.2, 0) is 4.79 Å². The summed E-state index contributed by atoms with van der Waals surface area (Å²) in [6.45, 7) is 8.14. The molecule has 0 bridgehead atoms. The van der Waals surface area contributed by atoms with Crippen LogP contribution in [0.15, 0.2) is 48.5 Å². The molecule has 2 aromatic rings. The van der Waals surface area contributed by atoms with E-state index in [1.807, 2.05) is 24.3 Å². The summed E-state index contributed by atoms with van der Waals surface area (Å²) in [7, 11) is 1.71. The summed E-state index contributed by atoms with van der Waals surface area (Å²) in [6, 6.07) is 16.6. The first-order valence-corrected chi connectivity index (χ1v) is 11.4. The molecule has 31 heavy (non-hydrogen) atoms. The lowest BCUT2D eigenvalue weighted by molar-refractivity contribution is -0.122. The third kappa shape index (κ3) is 5.13. The highest BCUT2D eigenvalue weighted by atomic mass is 16.5. The summed E-state index contributed by atoms with van der Waals surface area (Å²) in [5.74, 6) is 0.950. The second-order valence-corrected chi connectivity index (χ2v) is 8.53. The van der Waals surface area contributed by atoms with Gasteiger partial charge in [0.05, 0.1) is 13.0 Å². The maximum Gasteiger partial charge on any atom is 0.229 e. The van der Waals surface area contributed by atoms with E-state index in [1.54, 1.807) is 7.11 Å². The van der Waals surface area contributed by atoms with Gasteiger partial charge in [-0.3, -0.25) is 9.69 Å². The number of hydrogen-bond acceptors (Lipinski definition) is 5. The first kappa shape index (κ1) is 21.5. The molecular weight excluding hydrogens is 388 g/mol. The summed E-state index contributed by atoms with van der Waals surface area (Å²) in [6.07, 6.45) is 2.12. The highest BCUT2D eigenvalue weighted by Crippen LogP contribution is 2.35. The molecule has 2 heterocycles. The number of hydrogen-bond donors (Lipinski definition) is 2. The van der Waals surface area contributed by atoms with Gasteiger partial charge >= 0.3 is 0 Å². The van der Waals surface area contributed by atoms with Crippen molar-refractivity contribution in [3.05, 3.63) is 54.1 Å². The smallest absolute Gasteiger partial charge is 0.229 e. The first-order valence-electron chi connectivity index (χ1n) is 11.4. The molecule has 2 unspecified atom stereocenters. The van der Waals surface area contributed by atoms with E-state index in [2.05, 4.69) is 51.6 Å². The van der Waals surface area contributed by atoms with Gasteiger partial charge < -0.3 is 20.3 Å². The fourth-order valence-corrected chi connectivity index (χ4v) is 4.68. The average Bonchev–Trinajstić information content (AvgIpc) is 3.15. The number of nitrogens with one attached hydrogen (secondary N) is 2. The molecule has 6 heteroatoms. The number of methoxy groups -OCH3 is 1. The molecule has 2 aromatic carbocycles. The minimum Gasteiger partial charge on any atom is -0.497 e. The van der Waals surface area contributed by atoms with Gasteiger partial charge in [0, 0.05) is 56.2 Å². The SMILES string of the molecule is COc1cccc(N2CCN(CCCCNC(=O)C3c4ccccc4NC3C)CC2)c1. The van der Waals surface area contributed by atoms with Gasteiger partial charge in [0.25, 0.3) is 0 Å². The normalized spacial score (nSPS) is 20.8. The molecule has 1 amide bonds. The molecular formula is C25H34N4O2. The summed E-state index contributed by atoms with van der Waals surface area (Å²) >= 11 is 0. The van der Waals surface area contributed by atoms with Gasteiger partial charge in [0.1, 0.15) is 5.75 Å². The molecule has 0 spiro atoms. The molecule has 6 nitrogen and oxygen atoms in total. The van der Waals surface area contributed by atoms with E-state index < -0.39 is 0 Å². The Labute approximate surface area is 185 Å². The minimum absolute atomic E-state index is 0.0964. The number of ether oxygens (including phenoxy) is 1. The third-order valence-corrected chi connectivity index (χ3v) is 6.45. The molecule has 2 atom stereocenters. The largest absolute Gasteiger partial charge is 0.497 e. The quantitative estimate of drug-likeness (QED) is 0.640. The molecule has 1 fully saturated rings. The van der Waals surface area contributed by atoms with E-state index in [4.69, 9.17) is 4.74 Å². The predicted molar refractivity (Wildman–Crippen MR) is 126 cm³/mol. The zero-order valence-electron chi connectivity index (χ0n) is 18.6. The van der Waals surface area contributed by atoms with Crippen molar-refractivity contribution in [2.45, 2.75) is 31.7 Å². The molecule has 1 saturated heterocycles. The minimum atomic E-state index is -0.0964. The molecule has 0 aliphatic carbocycles. The maximum absolute atomic E-state index is 12.7. The van der Waals surface area contributed by atoms with Gasteiger partial charge in [-0.25, -0.2) is 0 Å². The lowest BCUT2D eigenvalue weighted by Gasteiger charge is -2.36. The topological polar surface area (TPSA) is 56.8 Å². The molecule has 2 aliphatic rings. The number of piperazine rings is 1. The van der Waals surface area contributed by atoms with Crippen molar-refractivity contribution in [1.29, 1.82) is 0 Å². The van der Waals surface area contributed by atoms with Crippen molar-refractivity contribution in [2.75, 3.05) is 56.6 Å². The number of unbranched alkanes of at least 4 members (excludes halogenated alkanes) is 1. The maximum atomic E-state index is 12.7. The summed E-state index contributed by atoms with van der Waals surface area (Å²) in [5.41, 5.74) is 3.43. The fraction of sp³-hybridized carbons (Fsp3) is 0.480. The predicted octanol–water partition coefficient (Wildman–Crippen LogP) is 3.31. The number of fused-ring (bicyclic) bond motifs is 1. The number of nitrogens with zero attached hydrogens (tertiary/aromatic N) is 2. The van der Waals surface area contributed by atoms with Gasteiger partial charge in [0.2, 0.25) is 5.91 Å². The van der Waals surface area contributed by atoms with Crippen LogP contribution in [0, 0.1) is 0 Å². The van der Waals surface area contributed by atoms with Gasteiger partial charge in [-0.1, -0.05) is 24.3 Å². The Balaban J connectivity index is 1.14. The van der Waals surface area contributed by atoms with E-state index in [0.717, 1.165) is 69.1 Å². The molecule has 4 rings (SSSR count). The number of para-hydroxylation sites is 1. The number of amides is 1. The summed E-state index contributed by atoms with van der Waals surface area (Å²) in [5, 5.41) is 6.57. The van der Waals surface area contributed by atoms with Crippen molar-refractivity contribution in [1.82, 2.24) is 10.2 Å². The lowest BCUT2D eigenvalue weighted by atomic mass is 9.95. The van der Waals surface area contributed by atoms with E-state index in [9.17, 15) is 4.79 Å². The number of carbonyl (C=O) groups excluding carboxylic acids is 1. The average molecular weight is 423 g/mol. The van der Waals surface area contributed by atoms with Crippen LogP contribution in [0.3, 0.4) is 0 Å². The van der Waals surface area contributed by atoms with Crippen LogP contribution in [0.2, 0.25) is 0 Å². The Morgan fingerprint density at radius 2 is 1.90 bits per heavy atom. The Hall–Kier alpha value is -2.73. The van der Waals surface area contributed by atoms with Crippen LogP contribution in [0.5, 0.6) is 5.75 Å². The van der Waals surface area contributed by atoms with Crippen molar-refractivity contribution < 1.29 is 9.53 Å². The van der Waals surface area contributed by atoms with Gasteiger partial charge in [-0.15, -0.1) is 0 Å². The summed E-state index contributed by atoms with van der Waals surface area (Å²) < 4.78 is 5.34. The number of carbonyl (C=O) groups is 1. The van der Waals surface area contributed by atoms with Crippen molar-refractivity contribution >= 4 is 17.3 Å². The lowest BCUT2D eigenvalue weighted by Crippen LogP contribution is -2.46. The Morgan fingerprint density at radius 1 is 1.10 bits per heavy atom. The second kappa shape index (κ2) is 10.1. The third-order valence-electron chi connectivity index (χ3n) is 6.45. The van der Waals surface area contributed by atoms with E-state index in [-0.39, 0.29) is 17.9 Å². The number of rotatable bonds is 8. The van der Waals surface area contributed by atoms with Crippen LogP contribution in [0.25, 0.3) is 0 Å². The molecule has 0 aromatic heterocycles. The zero-order chi connectivity index (χ0) is 21.6. The van der Waals surface area contributed by atoms with Crippen molar-refractivity contribution in [3.8, 4) is 5.75 Å². The first-order chi connectivity index (χ1) is 15.2. The van der Waals surface area contributed by atoms with Crippen molar-refractivity contribution in [2.24, 2.45) is 0 Å². The van der Waals surface area contributed by atoms with Crippen LogP contribution in [0.1, 0.15) is 31.2 Å². The van der Waals surface area contributed by atoms with Gasteiger partial charge in [-0.2, -0.15) is 0 Å². The van der Waals surface area contributed by atoms with E-state index >= 15 is 0 Å². The second-order valence-electron chi connectivity index (χ2n) is 8.53. The van der Waals surface area contributed by atoms with Gasteiger partial charge in [0.15, 0.2) is 0 Å². The van der Waals surface area contributed by atoms with Crippen molar-refractivity contribution in [3.63, 3.8) is 0 Å². The highest BCUT2D eigenvalue weighted by molar-refractivity contribution is 5.88. The summed E-state index contributed by atoms with van der Waals surface area (Å²) in [4.78, 5) is 17.7. The Bertz CT molecular complexity index is 879. The van der Waals surface area contributed by atoms with E-state index in [0.29, 0.717) is 0 Å². The standard InChI is InChI=1S/C25H34N4O2/c1-19-24(22-10-3-4-11-23(22)27-19)25(30)26-12-5-6-13-28-14-16-29(17-15-28)20-8-7-9-21(18-20)31-2/h3-4,7-11,18-19,24,27H,5-6,12-17H2,1-2H3,(H,26,30). The Kier molecular flexibility index (Phi) is 6.97. The van der Waals surface area contributed by atoms with Crippen LogP contribution in [0.4, 0.5) is 11.4 Å². The zero-order valence-corrected chi connectivity index (χ0v) is 18.6. The molecule has 0 saturated carbocycles. The molecule has 0 radical (unpaired) electrons. The molecule has 166 valence electrons.